The van der Waals surface area contributed by atoms with Gasteiger partial charge in [0, 0.05) is 9.37 Å². The third-order valence-corrected chi connectivity index (χ3v) is 2.60. The van der Waals surface area contributed by atoms with Crippen molar-refractivity contribution < 1.29 is 0 Å². The van der Waals surface area contributed by atoms with Gasteiger partial charge in [-0.05, 0) is 24.5 Å². The van der Waals surface area contributed by atoms with E-state index >= 15 is 0 Å². The van der Waals surface area contributed by atoms with Crippen molar-refractivity contribution in [1.82, 2.24) is 0 Å². The van der Waals surface area contributed by atoms with E-state index in [1.807, 2.05) is 30.5 Å². The van der Waals surface area contributed by atoms with Gasteiger partial charge in [0.15, 0.2) is 0 Å². The quantitative estimate of drug-likeness (QED) is 0.749. The van der Waals surface area contributed by atoms with Crippen LogP contribution in [-0.4, -0.2) is 6.26 Å². The summed E-state index contributed by atoms with van der Waals surface area (Å²) >= 11 is 3.35. The molecule has 0 aliphatic rings. The van der Waals surface area contributed by atoms with Crippen LogP contribution in [0.4, 0.5) is 0 Å². The lowest BCUT2D eigenvalue weighted by Crippen LogP contribution is -1.82. The van der Waals surface area contributed by atoms with Crippen molar-refractivity contribution in [1.29, 1.82) is 4.78 Å². The zero-order valence-electron chi connectivity index (χ0n) is 5.60. The Morgan fingerprint density at radius 3 is 2.60 bits per heavy atom. The van der Waals surface area contributed by atoms with Crippen molar-refractivity contribution >= 4 is 26.6 Å². The number of rotatable bonds is 1. The Labute approximate surface area is 71.5 Å². The van der Waals surface area contributed by atoms with Crippen molar-refractivity contribution in [2.24, 2.45) is 0 Å². The number of hydrogen-bond donors (Lipinski definition) is 1. The molecular formula is C7H8BrNS. The fraction of sp³-hybridized carbons (Fsp3) is 0.143. The molecule has 3 heteroatoms. The molecule has 10 heavy (non-hydrogen) atoms. The van der Waals surface area contributed by atoms with Gasteiger partial charge in [-0.25, -0.2) is 0 Å². The molecule has 0 aliphatic heterocycles. The SMILES string of the molecule is CS(=N)c1cccc(Br)c1. The van der Waals surface area contributed by atoms with Crippen LogP contribution >= 0.6 is 15.9 Å². The van der Waals surface area contributed by atoms with Crippen molar-refractivity contribution in [3.8, 4) is 0 Å². The summed E-state index contributed by atoms with van der Waals surface area (Å²) in [5.41, 5.74) is 0. The highest BCUT2D eigenvalue weighted by Gasteiger charge is 1.92. The number of halogens is 1. The normalized spacial score (nSPS) is 13.0. The number of benzene rings is 1. The molecule has 1 aromatic carbocycles. The van der Waals surface area contributed by atoms with E-state index in [1.165, 1.54) is 0 Å². The van der Waals surface area contributed by atoms with E-state index in [0.29, 0.717) is 0 Å². The molecule has 0 saturated carbocycles. The average molecular weight is 218 g/mol. The summed E-state index contributed by atoms with van der Waals surface area (Å²) in [5.74, 6) is 0. The fourth-order valence-corrected chi connectivity index (χ4v) is 1.79. The van der Waals surface area contributed by atoms with Crippen LogP contribution in [0.5, 0.6) is 0 Å². The average Bonchev–Trinajstić information content (AvgIpc) is 1.88. The highest BCUT2D eigenvalue weighted by Crippen LogP contribution is 2.13. The first-order chi connectivity index (χ1) is 4.70. The first-order valence-electron chi connectivity index (χ1n) is 2.83. The Morgan fingerprint density at radius 2 is 2.20 bits per heavy atom. The highest BCUT2D eigenvalue weighted by atomic mass is 79.9. The zero-order chi connectivity index (χ0) is 7.56. The van der Waals surface area contributed by atoms with E-state index in [2.05, 4.69) is 15.9 Å². The molecule has 0 radical (unpaired) electrons. The summed E-state index contributed by atoms with van der Waals surface area (Å²) < 4.78 is 8.47. The summed E-state index contributed by atoms with van der Waals surface area (Å²) in [6.07, 6.45) is 1.89. The summed E-state index contributed by atoms with van der Waals surface area (Å²) in [6.45, 7) is 0. The van der Waals surface area contributed by atoms with E-state index in [4.69, 9.17) is 4.78 Å². The van der Waals surface area contributed by atoms with E-state index in [-0.39, 0.29) is 10.7 Å². The lowest BCUT2D eigenvalue weighted by Gasteiger charge is -1.97. The van der Waals surface area contributed by atoms with Crippen molar-refractivity contribution in [2.45, 2.75) is 4.90 Å². The number of hydrogen-bond acceptors (Lipinski definition) is 1. The molecular weight excluding hydrogens is 210 g/mol. The second kappa shape index (κ2) is 3.30. The van der Waals surface area contributed by atoms with Gasteiger partial charge in [0.05, 0.1) is 0 Å². The van der Waals surface area contributed by atoms with Crippen molar-refractivity contribution in [3.05, 3.63) is 28.7 Å². The monoisotopic (exact) mass is 217 g/mol. The van der Waals surface area contributed by atoms with Gasteiger partial charge in [-0.3, -0.25) is 4.78 Å². The molecule has 1 nitrogen and oxygen atoms in total. The largest absolute Gasteiger partial charge is 0.276 e. The van der Waals surface area contributed by atoms with Crippen molar-refractivity contribution in [2.75, 3.05) is 6.26 Å². The lowest BCUT2D eigenvalue weighted by molar-refractivity contribution is 1.41. The Balaban J connectivity index is 3.07. The molecule has 0 aliphatic carbocycles. The van der Waals surface area contributed by atoms with Gasteiger partial charge in [-0.15, -0.1) is 0 Å². The van der Waals surface area contributed by atoms with Gasteiger partial charge in [0.2, 0.25) is 0 Å². The maximum absolute atomic E-state index is 7.42. The molecule has 1 aromatic rings. The maximum Gasteiger partial charge on any atom is 0.0190 e. The van der Waals surface area contributed by atoms with Crippen LogP contribution in [-0.2, 0) is 10.7 Å². The van der Waals surface area contributed by atoms with E-state index in [0.717, 1.165) is 9.37 Å². The van der Waals surface area contributed by atoms with Gasteiger partial charge in [-0.1, -0.05) is 32.7 Å². The van der Waals surface area contributed by atoms with Crippen LogP contribution in [0.3, 0.4) is 0 Å². The van der Waals surface area contributed by atoms with Crippen molar-refractivity contribution in [3.63, 3.8) is 0 Å². The van der Waals surface area contributed by atoms with Crippen LogP contribution in [0.15, 0.2) is 33.6 Å². The zero-order valence-corrected chi connectivity index (χ0v) is 8.00. The van der Waals surface area contributed by atoms with Gasteiger partial charge < -0.3 is 0 Å². The van der Waals surface area contributed by atoms with Gasteiger partial charge in [-0.2, -0.15) is 0 Å². The standard InChI is InChI=1S/C7H8BrNS/c1-10(9)7-4-2-3-6(8)5-7/h2-5,9H,1H3. The Morgan fingerprint density at radius 1 is 1.50 bits per heavy atom. The molecule has 0 heterocycles. The first-order valence-corrected chi connectivity index (χ1v) is 5.25. The van der Waals surface area contributed by atoms with E-state index < -0.39 is 0 Å². The minimum atomic E-state index is -0.369. The molecule has 0 aromatic heterocycles. The summed E-state index contributed by atoms with van der Waals surface area (Å²) in [6, 6.07) is 7.88. The van der Waals surface area contributed by atoms with Crippen LogP contribution in [0.25, 0.3) is 0 Å². The lowest BCUT2D eigenvalue weighted by atomic mass is 10.4. The molecule has 0 bridgehead atoms. The molecule has 54 valence electrons. The predicted octanol–water partition coefficient (Wildman–Crippen LogP) is 2.82. The van der Waals surface area contributed by atoms with Crippen LogP contribution in [0.2, 0.25) is 0 Å². The molecule has 1 rings (SSSR count). The Hall–Kier alpha value is -0.150. The summed E-state index contributed by atoms with van der Waals surface area (Å²) in [7, 11) is -0.369. The summed E-state index contributed by atoms with van der Waals surface area (Å²) in [4.78, 5) is 1.08. The fourth-order valence-electron chi connectivity index (χ4n) is 0.657. The van der Waals surface area contributed by atoms with Gasteiger partial charge in [0.25, 0.3) is 0 Å². The van der Waals surface area contributed by atoms with E-state index in [9.17, 15) is 0 Å². The molecule has 0 fully saturated rings. The van der Waals surface area contributed by atoms with Gasteiger partial charge >= 0.3 is 0 Å². The molecule has 1 atom stereocenters. The minimum absolute atomic E-state index is 0.369. The Kier molecular flexibility index (Phi) is 2.63. The van der Waals surface area contributed by atoms with Crippen LogP contribution in [0.1, 0.15) is 0 Å². The third kappa shape index (κ3) is 1.92. The molecule has 1 unspecified atom stereocenters. The molecule has 0 spiro atoms. The van der Waals surface area contributed by atoms with Gasteiger partial charge in [0.1, 0.15) is 0 Å². The highest BCUT2D eigenvalue weighted by molar-refractivity contribution is 9.10. The topological polar surface area (TPSA) is 23.9 Å². The molecule has 0 saturated heterocycles. The van der Waals surface area contributed by atoms with E-state index in [1.54, 1.807) is 0 Å². The first kappa shape index (κ1) is 7.95. The molecule has 0 amide bonds. The second-order valence-corrected chi connectivity index (χ2v) is 4.38. The maximum atomic E-state index is 7.42. The predicted molar refractivity (Wildman–Crippen MR) is 48.4 cm³/mol. The number of nitrogens with one attached hydrogen (secondary N) is 1. The van der Waals surface area contributed by atoms with Crippen LogP contribution < -0.4 is 0 Å². The smallest absolute Gasteiger partial charge is 0.0190 e. The Bertz CT molecular complexity index is 260. The third-order valence-electron chi connectivity index (χ3n) is 1.15. The summed E-state index contributed by atoms with van der Waals surface area (Å²) in [5, 5.41) is 0. The van der Waals surface area contributed by atoms with Crippen LogP contribution in [0, 0.1) is 4.78 Å². The molecule has 1 N–H and O–H groups in total. The second-order valence-electron chi connectivity index (χ2n) is 1.97. The minimum Gasteiger partial charge on any atom is -0.276 e.